The van der Waals surface area contributed by atoms with Crippen molar-refractivity contribution in [2.24, 2.45) is 5.92 Å². The van der Waals surface area contributed by atoms with Gasteiger partial charge in [0.2, 0.25) is 5.91 Å². The molecule has 1 unspecified atom stereocenters. The fourth-order valence-electron chi connectivity index (χ4n) is 1.96. The van der Waals surface area contributed by atoms with E-state index in [2.05, 4.69) is 5.32 Å². The summed E-state index contributed by atoms with van der Waals surface area (Å²) >= 11 is 11.4. The number of hydrogen-bond donors (Lipinski definition) is 1. The maximum atomic E-state index is 12.3. The van der Waals surface area contributed by atoms with Crippen LogP contribution in [0.2, 0.25) is 10.0 Å². The Morgan fingerprint density at radius 2 is 1.80 bits per heavy atom. The van der Waals surface area contributed by atoms with Crippen molar-refractivity contribution in [1.82, 2.24) is 0 Å². The van der Waals surface area contributed by atoms with Gasteiger partial charge < -0.3 is 5.32 Å². The number of nitro benzene ring substituents is 1. The largest absolute Gasteiger partial charge is 0.324 e. The molecule has 126 valence electrons. The number of anilines is 1. The summed E-state index contributed by atoms with van der Waals surface area (Å²) in [6.07, 6.45) is 0. The molecule has 2 rings (SSSR count). The van der Waals surface area contributed by atoms with E-state index < -0.39 is 28.2 Å². The third-order valence-corrected chi connectivity index (χ3v) is 3.76. The van der Waals surface area contributed by atoms with Crippen LogP contribution >= 0.6 is 23.2 Å². The Labute approximate surface area is 151 Å². The molecule has 0 heterocycles. The average molecular weight is 378 g/mol. The lowest BCUT2D eigenvalue weighted by atomic mass is 9.98. The summed E-state index contributed by atoms with van der Waals surface area (Å²) in [5, 5.41) is 22.6. The number of nitrogens with zero attached hydrogens (tertiary/aromatic N) is 2. The maximum absolute atomic E-state index is 12.3. The molecule has 0 fully saturated rings. The van der Waals surface area contributed by atoms with E-state index in [0.29, 0.717) is 5.02 Å². The molecule has 0 aliphatic heterocycles. The topological polar surface area (TPSA) is 113 Å². The summed E-state index contributed by atoms with van der Waals surface area (Å²) < 4.78 is 0. The first-order valence-electron chi connectivity index (χ1n) is 6.77. The SMILES string of the molecule is N#CC(C(=O)Nc1ccc(Cl)c([N+](=O)[O-])c1)C(=O)c1ccc(Cl)cc1. The summed E-state index contributed by atoms with van der Waals surface area (Å²) in [6, 6.07) is 11.0. The number of carbonyl (C=O) groups is 2. The van der Waals surface area contributed by atoms with Crippen LogP contribution in [0.4, 0.5) is 11.4 Å². The first-order chi connectivity index (χ1) is 11.8. The summed E-state index contributed by atoms with van der Waals surface area (Å²) in [5.74, 6) is -3.23. The average Bonchev–Trinajstić information content (AvgIpc) is 2.57. The number of halogens is 2. The second-order valence-corrected chi connectivity index (χ2v) is 5.69. The number of Topliss-reactive ketones (excluding diaryl/α,β-unsaturated/α-hetero) is 1. The molecule has 2 aromatic rings. The van der Waals surface area contributed by atoms with E-state index in [0.717, 1.165) is 6.07 Å². The van der Waals surface area contributed by atoms with Gasteiger partial charge >= 0.3 is 0 Å². The Hall–Kier alpha value is -2.95. The number of ketones is 1. The van der Waals surface area contributed by atoms with Crippen LogP contribution in [0, 0.1) is 27.4 Å². The molecule has 0 aliphatic carbocycles. The quantitative estimate of drug-likeness (QED) is 0.367. The highest BCUT2D eigenvalue weighted by atomic mass is 35.5. The molecule has 2 aromatic carbocycles. The summed E-state index contributed by atoms with van der Waals surface area (Å²) in [7, 11) is 0. The van der Waals surface area contributed by atoms with Crippen molar-refractivity contribution in [1.29, 1.82) is 5.26 Å². The number of benzene rings is 2. The zero-order valence-corrected chi connectivity index (χ0v) is 13.9. The van der Waals surface area contributed by atoms with Crippen molar-refractivity contribution in [2.75, 3.05) is 5.32 Å². The molecule has 9 heteroatoms. The Balaban J connectivity index is 2.22. The zero-order chi connectivity index (χ0) is 18.6. The van der Waals surface area contributed by atoms with Crippen LogP contribution in [-0.4, -0.2) is 16.6 Å². The number of nitriles is 1. The smallest absolute Gasteiger partial charge is 0.289 e. The lowest BCUT2D eigenvalue weighted by Gasteiger charge is -2.10. The second kappa shape index (κ2) is 7.75. The number of nitrogens with one attached hydrogen (secondary N) is 1. The minimum Gasteiger partial charge on any atom is -0.324 e. The number of hydrogen-bond acceptors (Lipinski definition) is 5. The molecule has 0 spiro atoms. The highest BCUT2D eigenvalue weighted by Crippen LogP contribution is 2.27. The lowest BCUT2D eigenvalue weighted by molar-refractivity contribution is -0.384. The van der Waals surface area contributed by atoms with Crippen LogP contribution in [0.1, 0.15) is 10.4 Å². The fourth-order valence-corrected chi connectivity index (χ4v) is 2.27. The highest BCUT2D eigenvalue weighted by Gasteiger charge is 2.28. The van der Waals surface area contributed by atoms with Gasteiger partial charge in [0.15, 0.2) is 11.7 Å². The summed E-state index contributed by atoms with van der Waals surface area (Å²) in [4.78, 5) is 34.7. The van der Waals surface area contributed by atoms with Gasteiger partial charge in [-0.2, -0.15) is 5.26 Å². The van der Waals surface area contributed by atoms with Crippen molar-refractivity contribution in [3.05, 3.63) is 68.2 Å². The monoisotopic (exact) mass is 377 g/mol. The predicted octanol–water partition coefficient (Wildman–Crippen LogP) is 3.86. The van der Waals surface area contributed by atoms with E-state index in [9.17, 15) is 19.7 Å². The number of rotatable bonds is 5. The molecule has 1 atom stereocenters. The van der Waals surface area contributed by atoms with Gasteiger partial charge in [-0.25, -0.2) is 0 Å². The van der Waals surface area contributed by atoms with Crippen molar-refractivity contribution in [3.8, 4) is 6.07 Å². The summed E-state index contributed by atoms with van der Waals surface area (Å²) in [6.45, 7) is 0. The van der Waals surface area contributed by atoms with Crippen LogP contribution in [0.15, 0.2) is 42.5 Å². The third-order valence-electron chi connectivity index (χ3n) is 3.19. The van der Waals surface area contributed by atoms with E-state index in [4.69, 9.17) is 28.5 Å². The van der Waals surface area contributed by atoms with E-state index in [1.165, 1.54) is 36.4 Å². The van der Waals surface area contributed by atoms with Crippen LogP contribution in [0.25, 0.3) is 0 Å². The van der Waals surface area contributed by atoms with Gasteiger partial charge in [0, 0.05) is 22.3 Å². The van der Waals surface area contributed by atoms with Crippen molar-refractivity contribution in [3.63, 3.8) is 0 Å². The Morgan fingerprint density at radius 1 is 1.16 bits per heavy atom. The Morgan fingerprint density at radius 3 is 2.36 bits per heavy atom. The molecule has 0 radical (unpaired) electrons. The minimum atomic E-state index is -1.61. The van der Waals surface area contributed by atoms with Gasteiger partial charge in [-0.15, -0.1) is 0 Å². The molecule has 0 saturated carbocycles. The van der Waals surface area contributed by atoms with Gasteiger partial charge in [-0.05, 0) is 36.4 Å². The highest BCUT2D eigenvalue weighted by molar-refractivity contribution is 6.32. The molecule has 1 amide bonds. The predicted molar refractivity (Wildman–Crippen MR) is 91.6 cm³/mol. The second-order valence-electron chi connectivity index (χ2n) is 4.85. The van der Waals surface area contributed by atoms with Gasteiger partial charge in [0.05, 0.1) is 11.0 Å². The standard InChI is InChI=1S/C16H9Cl2N3O4/c17-10-3-1-9(2-4-10)15(22)12(8-19)16(23)20-11-5-6-13(18)14(7-11)21(24)25/h1-7,12H,(H,20,23). The number of amides is 1. The van der Waals surface area contributed by atoms with Crippen molar-refractivity contribution >= 4 is 46.3 Å². The van der Waals surface area contributed by atoms with Crippen LogP contribution in [0.3, 0.4) is 0 Å². The third kappa shape index (κ3) is 4.32. The maximum Gasteiger partial charge on any atom is 0.289 e. The number of carbonyl (C=O) groups excluding carboxylic acids is 2. The molecule has 0 saturated heterocycles. The van der Waals surface area contributed by atoms with E-state index in [1.54, 1.807) is 6.07 Å². The van der Waals surface area contributed by atoms with Crippen LogP contribution < -0.4 is 5.32 Å². The van der Waals surface area contributed by atoms with E-state index in [1.807, 2.05) is 0 Å². The fraction of sp³-hybridized carbons (Fsp3) is 0.0625. The Kier molecular flexibility index (Phi) is 5.70. The molecule has 0 bridgehead atoms. The molecular formula is C16H9Cl2N3O4. The molecule has 7 nitrogen and oxygen atoms in total. The first kappa shape index (κ1) is 18.4. The first-order valence-corrected chi connectivity index (χ1v) is 7.53. The molecule has 0 aliphatic rings. The van der Waals surface area contributed by atoms with E-state index >= 15 is 0 Å². The normalized spacial score (nSPS) is 11.2. The van der Waals surface area contributed by atoms with Gasteiger partial charge in [0.1, 0.15) is 5.02 Å². The van der Waals surface area contributed by atoms with Crippen molar-refractivity contribution in [2.45, 2.75) is 0 Å². The van der Waals surface area contributed by atoms with Crippen LogP contribution in [-0.2, 0) is 4.79 Å². The van der Waals surface area contributed by atoms with Gasteiger partial charge in [0.25, 0.3) is 5.69 Å². The van der Waals surface area contributed by atoms with Crippen LogP contribution in [0.5, 0.6) is 0 Å². The molecular weight excluding hydrogens is 369 g/mol. The van der Waals surface area contributed by atoms with E-state index in [-0.39, 0.29) is 16.3 Å². The minimum absolute atomic E-state index is 0.0465. The molecule has 0 aromatic heterocycles. The molecule has 25 heavy (non-hydrogen) atoms. The molecule has 1 N–H and O–H groups in total. The van der Waals surface area contributed by atoms with Gasteiger partial charge in [-0.1, -0.05) is 23.2 Å². The van der Waals surface area contributed by atoms with Gasteiger partial charge in [-0.3, -0.25) is 19.7 Å². The van der Waals surface area contributed by atoms with Crippen molar-refractivity contribution < 1.29 is 14.5 Å². The zero-order valence-electron chi connectivity index (χ0n) is 12.4. The summed E-state index contributed by atoms with van der Waals surface area (Å²) in [5.41, 5.74) is -0.213. The Bertz CT molecular complexity index is 891. The number of nitro groups is 1. The lowest BCUT2D eigenvalue weighted by Crippen LogP contribution is -2.28.